The first-order chi connectivity index (χ1) is 3.46. The SMILES string of the molecule is O=S(O)O.O=S([O-])O. The fourth-order valence-corrected chi connectivity index (χ4v) is 0. The van der Waals surface area contributed by atoms with Gasteiger partial charge in [0.25, 0.3) is 11.4 Å². The lowest BCUT2D eigenvalue weighted by molar-refractivity contribution is 0.435. The van der Waals surface area contributed by atoms with E-state index < -0.39 is 22.7 Å². The van der Waals surface area contributed by atoms with E-state index in [-0.39, 0.29) is 0 Å². The smallest absolute Gasteiger partial charge is 0.299 e. The van der Waals surface area contributed by atoms with E-state index in [0.29, 0.717) is 0 Å². The highest BCUT2D eigenvalue weighted by molar-refractivity contribution is 7.73. The van der Waals surface area contributed by atoms with Gasteiger partial charge in [-0.15, -0.1) is 0 Å². The van der Waals surface area contributed by atoms with Gasteiger partial charge in [-0.05, 0) is 0 Å². The van der Waals surface area contributed by atoms with Crippen LogP contribution in [0, 0.1) is 0 Å². The summed E-state index contributed by atoms with van der Waals surface area (Å²) in [7, 11) is 0. The molecule has 0 aromatic carbocycles. The maximum Gasteiger partial charge on any atom is 0.299 e. The minimum atomic E-state index is -2.86. The zero-order valence-corrected chi connectivity index (χ0v) is 5.02. The van der Waals surface area contributed by atoms with Gasteiger partial charge in [0, 0.05) is 0 Å². The van der Waals surface area contributed by atoms with Gasteiger partial charge in [-0.2, -0.15) is 4.21 Å². The average molecular weight is 163 g/mol. The minimum Gasteiger partial charge on any atom is -0.750 e. The van der Waals surface area contributed by atoms with Crippen LogP contribution in [-0.4, -0.2) is 26.6 Å². The highest BCUT2D eigenvalue weighted by atomic mass is 32.2. The Hall–Kier alpha value is 0.140. The van der Waals surface area contributed by atoms with Gasteiger partial charge in [0.05, 0.1) is 11.4 Å². The third kappa shape index (κ3) is 8280. The number of rotatable bonds is 0. The van der Waals surface area contributed by atoms with Crippen molar-refractivity contribution < 1.29 is 26.6 Å². The Morgan fingerprint density at radius 3 is 1.12 bits per heavy atom. The van der Waals surface area contributed by atoms with Crippen molar-refractivity contribution >= 4 is 22.7 Å². The molecule has 1 atom stereocenters. The van der Waals surface area contributed by atoms with Crippen LogP contribution in [0.1, 0.15) is 0 Å². The molecule has 0 spiro atoms. The van der Waals surface area contributed by atoms with E-state index in [4.69, 9.17) is 26.6 Å². The summed E-state index contributed by atoms with van der Waals surface area (Å²) in [5.41, 5.74) is 0. The predicted molar refractivity (Wildman–Crippen MR) is 24.9 cm³/mol. The van der Waals surface area contributed by atoms with Gasteiger partial charge >= 0.3 is 0 Å². The first kappa shape index (κ1) is 11.0. The predicted octanol–water partition coefficient (Wildman–Crippen LogP) is -0.980. The van der Waals surface area contributed by atoms with Crippen LogP contribution in [0.15, 0.2) is 0 Å². The lowest BCUT2D eigenvalue weighted by Gasteiger charge is -1.83. The Balaban J connectivity index is 0. The molecule has 6 nitrogen and oxygen atoms in total. The second kappa shape index (κ2) is 7.14. The summed E-state index contributed by atoms with van der Waals surface area (Å²) in [6, 6.07) is 0. The van der Waals surface area contributed by atoms with Crippen LogP contribution in [0.5, 0.6) is 0 Å². The molecule has 3 N–H and O–H groups in total. The van der Waals surface area contributed by atoms with Gasteiger partial charge in [-0.3, -0.25) is 9.11 Å². The van der Waals surface area contributed by atoms with E-state index in [0.717, 1.165) is 0 Å². The molecular weight excluding hydrogens is 160 g/mol. The zero-order chi connectivity index (χ0) is 7.15. The summed E-state index contributed by atoms with van der Waals surface area (Å²) < 4.78 is 46.9. The van der Waals surface area contributed by atoms with Crippen LogP contribution in [0.25, 0.3) is 0 Å². The van der Waals surface area contributed by atoms with Crippen LogP contribution >= 0.6 is 0 Å². The highest BCUT2D eigenvalue weighted by Gasteiger charge is 1.62. The lowest BCUT2D eigenvalue weighted by atomic mass is 15.8. The van der Waals surface area contributed by atoms with Crippen molar-refractivity contribution in [2.24, 2.45) is 0 Å². The molecule has 0 aliphatic carbocycles. The molecule has 1 unspecified atom stereocenters. The zero-order valence-electron chi connectivity index (χ0n) is 3.38. The summed E-state index contributed by atoms with van der Waals surface area (Å²) in [6.07, 6.45) is 0. The summed E-state index contributed by atoms with van der Waals surface area (Å²) >= 11 is -5.47. The topological polar surface area (TPSA) is 118 Å². The quantitative estimate of drug-likeness (QED) is 0.395. The van der Waals surface area contributed by atoms with E-state index in [1.807, 2.05) is 0 Å². The van der Waals surface area contributed by atoms with Crippen molar-refractivity contribution in [1.82, 2.24) is 0 Å². The van der Waals surface area contributed by atoms with E-state index in [9.17, 15) is 0 Å². The Morgan fingerprint density at radius 1 is 1.12 bits per heavy atom. The Morgan fingerprint density at radius 2 is 1.12 bits per heavy atom. The molecule has 52 valence electrons. The van der Waals surface area contributed by atoms with Crippen LogP contribution in [0.2, 0.25) is 0 Å². The summed E-state index contributed by atoms with van der Waals surface area (Å²) in [5, 5.41) is 0. The fourth-order valence-electron chi connectivity index (χ4n) is 0. The maximum atomic E-state index is 8.67. The molecule has 0 fully saturated rings. The monoisotopic (exact) mass is 163 g/mol. The van der Waals surface area contributed by atoms with E-state index >= 15 is 0 Å². The molecule has 0 rings (SSSR count). The molecule has 0 saturated heterocycles. The Bertz CT molecular complexity index is 64.5. The maximum absolute atomic E-state index is 8.67. The molecule has 0 aliphatic heterocycles. The van der Waals surface area contributed by atoms with Crippen molar-refractivity contribution in [1.29, 1.82) is 0 Å². The van der Waals surface area contributed by atoms with Crippen LogP contribution in [0.3, 0.4) is 0 Å². The van der Waals surface area contributed by atoms with Crippen molar-refractivity contribution in [2.75, 3.05) is 0 Å². The molecule has 0 aromatic rings. The number of hydrogen-bond acceptors (Lipinski definition) is 3. The summed E-state index contributed by atoms with van der Waals surface area (Å²) in [5.74, 6) is 0. The molecular formula is H3O6S2-. The summed E-state index contributed by atoms with van der Waals surface area (Å²) in [4.78, 5) is 0. The van der Waals surface area contributed by atoms with Crippen LogP contribution < -0.4 is 0 Å². The Kier molecular flexibility index (Phi) is 9.82. The third-order valence-electron chi connectivity index (χ3n) is 0. The van der Waals surface area contributed by atoms with E-state index in [2.05, 4.69) is 0 Å². The molecule has 8 heavy (non-hydrogen) atoms. The van der Waals surface area contributed by atoms with Crippen molar-refractivity contribution in [3.63, 3.8) is 0 Å². The molecule has 0 aliphatic rings. The normalized spacial score (nSPS) is 12.1. The standard InChI is InChI=1S/2H2O3S/c2*1-4(2)3/h2*(H2,1,2,3)/p-1. The van der Waals surface area contributed by atoms with Gasteiger partial charge < -0.3 is 9.11 Å². The van der Waals surface area contributed by atoms with Crippen molar-refractivity contribution in [2.45, 2.75) is 0 Å². The second-order valence-electron chi connectivity index (χ2n) is 0.448. The van der Waals surface area contributed by atoms with Crippen LogP contribution in [-0.2, 0) is 22.7 Å². The molecule has 0 radical (unpaired) electrons. The molecule has 0 saturated carbocycles. The lowest BCUT2D eigenvalue weighted by Crippen LogP contribution is -1.75. The number of hydrogen-bond donors (Lipinski definition) is 3. The molecule has 8 heteroatoms. The highest BCUT2D eigenvalue weighted by Crippen LogP contribution is 1.44. The van der Waals surface area contributed by atoms with Gasteiger partial charge in [0.15, 0.2) is 0 Å². The molecule has 0 amide bonds. The van der Waals surface area contributed by atoms with E-state index in [1.54, 1.807) is 0 Å². The van der Waals surface area contributed by atoms with Crippen molar-refractivity contribution in [3.05, 3.63) is 0 Å². The molecule has 0 aromatic heterocycles. The first-order valence-electron chi connectivity index (χ1n) is 1.05. The van der Waals surface area contributed by atoms with E-state index in [1.165, 1.54) is 0 Å². The van der Waals surface area contributed by atoms with Crippen molar-refractivity contribution in [3.8, 4) is 0 Å². The van der Waals surface area contributed by atoms with Gasteiger partial charge in [0.2, 0.25) is 0 Å². The second-order valence-corrected chi connectivity index (χ2v) is 1.34. The molecule has 0 heterocycles. The van der Waals surface area contributed by atoms with Gasteiger partial charge in [-0.25, -0.2) is 4.21 Å². The largest absolute Gasteiger partial charge is 0.750 e. The first-order valence-corrected chi connectivity index (χ1v) is 3.14. The molecule has 0 bridgehead atoms. The van der Waals surface area contributed by atoms with Crippen LogP contribution in [0.4, 0.5) is 0 Å². The van der Waals surface area contributed by atoms with Gasteiger partial charge in [-0.1, -0.05) is 0 Å². The Labute approximate surface area is 50.1 Å². The average Bonchev–Trinajstić information content (AvgIpc) is 1.25. The summed E-state index contributed by atoms with van der Waals surface area (Å²) in [6.45, 7) is 0. The third-order valence-corrected chi connectivity index (χ3v) is 0. The van der Waals surface area contributed by atoms with Gasteiger partial charge in [0.1, 0.15) is 0 Å². The fraction of sp³-hybridized carbons (Fsp3) is 0. The minimum absolute atomic E-state index is 2.61.